The molecule has 1 unspecified atom stereocenters. The molecule has 0 aliphatic carbocycles. The second-order valence-corrected chi connectivity index (χ2v) is 6.97. The number of likely N-dealkylation sites (tertiary alicyclic amines) is 1. The molecule has 2 aromatic heterocycles. The first-order valence-electron chi connectivity index (χ1n) is 9.57. The minimum absolute atomic E-state index is 0.0267. The molecule has 0 spiro atoms. The lowest BCUT2D eigenvalue weighted by molar-refractivity contribution is 0.0436. The molecule has 1 aliphatic rings. The van der Waals surface area contributed by atoms with Gasteiger partial charge in [0.2, 0.25) is 0 Å². The monoisotopic (exact) mass is 398 g/mol. The third-order valence-corrected chi connectivity index (χ3v) is 4.80. The van der Waals surface area contributed by atoms with Crippen molar-refractivity contribution < 1.29 is 14.1 Å². The average molecular weight is 398 g/mol. The first kappa shape index (κ1) is 19.1. The lowest BCUT2D eigenvalue weighted by atomic mass is 10.2. The summed E-state index contributed by atoms with van der Waals surface area (Å²) in [6.07, 6.45) is 3.70. The number of nitrogens with zero attached hydrogens (tertiary/aromatic N) is 5. The number of hydrogen-bond acceptors (Lipinski definition) is 7. The Morgan fingerprint density at radius 2 is 2.17 bits per heavy atom. The highest BCUT2D eigenvalue weighted by Crippen LogP contribution is 2.17. The van der Waals surface area contributed by atoms with Crippen molar-refractivity contribution in [2.45, 2.75) is 38.5 Å². The molecule has 10 nitrogen and oxygen atoms in total. The number of hydrogen-bond donors (Lipinski definition) is 1. The van der Waals surface area contributed by atoms with Crippen LogP contribution in [-0.4, -0.2) is 55.1 Å². The van der Waals surface area contributed by atoms with Gasteiger partial charge in [-0.2, -0.15) is 0 Å². The zero-order valence-corrected chi connectivity index (χ0v) is 15.9. The Kier molecular flexibility index (Phi) is 5.80. The summed E-state index contributed by atoms with van der Waals surface area (Å²) in [5.74, 6) is -0.210. The minimum Gasteiger partial charge on any atom is -0.372 e. The first-order valence-corrected chi connectivity index (χ1v) is 9.57. The van der Waals surface area contributed by atoms with Crippen LogP contribution in [-0.2, 0) is 24.3 Å². The standard InChI is InChI=1S/C19H22N6O4/c26-18(24-10-8-15(11-24)28-13-14-5-2-1-3-6-14)16-12-25(23-21-16)9-4-7-17-20-19(27)29-22-17/h1-3,5-6,12,15H,4,7-11,13H2,(H,20,22,27). The molecule has 0 bridgehead atoms. The SMILES string of the molecule is O=C(c1cn(CCCc2noc(=O)[nH]2)nn1)N1CCC(OCc2ccccc2)C1. The van der Waals surface area contributed by atoms with Crippen LogP contribution in [0.4, 0.5) is 0 Å². The highest BCUT2D eigenvalue weighted by atomic mass is 16.5. The Balaban J connectivity index is 1.24. The molecule has 1 amide bonds. The number of carbonyl (C=O) groups excluding carboxylic acids is 1. The number of H-pyrrole nitrogens is 1. The highest BCUT2D eigenvalue weighted by molar-refractivity contribution is 5.92. The molecule has 0 saturated carbocycles. The van der Waals surface area contributed by atoms with Gasteiger partial charge in [0.1, 0.15) is 0 Å². The number of nitrogens with one attached hydrogen (secondary N) is 1. The summed E-state index contributed by atoms with van der Waals surface area (Å²) in [5, 5.41) is 11.6. The maximum atomic E-state index is 12.7. The average Bonchev–Trinajstić information content (AvgIpc) is 3.48. The second kappa shape index (κ2) is 8.82. The van der Waals surface area contributed by atoms with Crippen LogP contribution < -0.4 is 5.76 Å². The van der Waals surface area contributed by atoms with E-state index in [0.717, 1.165) is 12.0 Å². The van der Waals surface area contributed by atoms with Gasteiger partial charge in [0.15, 0.2) is 11.5 Å². The molecule has 4 rings (SSSR count). The van der Waals surface area contributed by atoms with Crippen molar-refractivity contribution in [3.05, 3.63) is 64.2 Å². The van der Waals surface area contributed by atoms with Crippen LogP contribution in [0.3, 0.4) is 0 Å². The Bertz CT molecular complexity index is 995. The molecule has 0 radical (unpaired) electrons. The van der Waals surface area contributed by atoms with E-state index >= 15 is 0 Å². The van der Waals surface area contributed by atoms with Crippen LogP contribution in [0.25, 0.3) is 0 Å². The summed E-state index contributed by atoms with van der Waals surface area (Å²) < 4.78 is 12.0. The molecule has 152 valence electrons. The van der Waals surface area contributed by atoms with Gasteiger partial charge >= 0.3 is 5.76 Å². The normalized spacial score (nSPS) is 16.4. The molecule has 1 saturated heterocycles. The van der Waals surface area contributed by atoms with E-state index in [0.29, 0.717) is 50.6 Å². The van der Waals surface area contributed by atoms with E-state index in [1.54, 1.807) is 15.8 Å². The number of aryl methyl sites for hydroxylation is 2. The molecule has 1 aromatic carbocycles. The molecular formula is C19H22N6O4. The Hall–Kier alpha value is -3.27. The summed E-state index contributed by atoms with van der Waals surface area (Å²) in [4.78, 5) is 27.8. The second-order valence-electron chi connectivity index (χ2n) is 6.97. The van der Waals surface area contributed by atoms with E-state index in [4.69, 9.17) is 4.74 Å². The summed E-state index contributed by atoms with van der Waals surface area (Å²) >= 11 is 0. The molecule has 29 heavy (non-hydrogen) atoms. The maximum absolute atomic E-state index is 12.7. The molecule has 10 heteroatoms. The van der Waals surface area contributed by atoms with Crippen molar-refractivity contribution in [1.29, 1.82) is 0 Å². The van der Waals surface area contributed by atoms with Crippen LogP contribution in [0.15, 0.2) is 45.8 Å². The predicted molar refractivity (Wildman–Crippen MR) is 101 cm³/mol. The fourth-order valence-electron chi connectivity index (χ4n) is 3.28. The van der Waals surface area contributed by atoms with Crippen molar-refractivity contribution in [3.63, 3.8) is 0 Å². The van der Waals surface area contributed by atoms with Crippen molar-refractivity contribution >= 4 is 5.91 Å². The van der Waals surface area contributed by atoms with E-state index in [1.165, 1.54) is 0 Å². The van der Waals surface area contributed by atoms with E-state index < -0.39 is 5.76 Å². The number of aromatic amines is 1. The fourth-order valence-corrected chi connectivity index (χ4v) is 3.28. The number of amides is 1. The topological polar surface area (TPSA) is 119 Å². The zero-order chi connectivity index (χ0) is 20.1. The van der Waals surface area contributed by atoms with E-state index in [9.17, 15) is 9.59 Å². The Labute approximate surface area is 166 Å². The summed E-state index contributed by atoms with van der Waals surface area (Å²) in [6.45, 7) is 2.29. The van der Waals surface area contributed by atoms with Crippen molar-refractivity contribution in [2.24, 2.45) is 0 Å². The highest BCUT2D eigenvalue weighted by Gasteiger charge is 2.29. The van der Waals surface area contributed by atoms with E-state index in [2.05, 4.69) is 25.0 Å². The van der Waals surface area contributed by atoms with Crippen molar-refractivity contribution in [3.8, 4) is 0 Å². The van der Waals surface area contributed by atoms with Crippen LogP contribution in [0.5, 0.6) is 0 Å². The number of carbonyl (C=O) groups is 1. The predicted octanol–water partition coefficient (Wildman–Crippen LogP) is 1.02. The van der Waals surface area contributed by atoms with Crippen LogP contribution in [0.2, 0.25) is 0 Å². The smallest absolute Gasteiger partial charge is 0.372 e. The summed E-state index contributed by atoms with van der Waals surface area (Å²) in [6, 6.07) is 9.99. The quantitative estimate of drug-likeness (QED) is 0.601. The third kappa shape index (κ3) is 4.96. The van der Waals surface area contributed by atoms with Gasteiger partial charge in [0.05, 0.1) is 18.9 Å². The van der Waals surface area contributed by atoms with Crippen molar-refractivity contribution in [2.75, 3.05) is 13.1 Å². The van der Waals surface area contributed by atoms with Gasteiger partial charge < -0.3 is 9.64 Å². The molecule has 1 fully saturated rings. The van der Waals surface area contributed by atoms with Gasteiger partial charge in [-0.05, 0) is 18.4 Å². The summed E-state index contributed by atoms with van der Waals surface area (Å²) in [5.41, 5.74) is 1.44. The molecule has 1 atom stereocenters. The van der Waals surface area contributed by atoms with Gasteiger partial charge in [-0.15, -0.1) is 5.10 Å². The molecule has 1 N–H and O–H groups in total. The van der Waals surface area contributed by atoms with Gasteiger partial charge in [0, 0.05) is 26.1 Å². The van der Waals surface area contributed by atoms with E-state index in [1.807, 2.05) is 30.3 Å². The number of ether oxygens (including phenoxy) is 1. The van der Waals surface area contributed by atoms with Crippen LogP contribution in [0.1, 0.15) is 34.7 Å². The van der Waals surface area contributed by atoms with Gasteiger partial charge in [-0.25, -0.2) is 4.79 Å². The van der Waals surface area contributed by atoms with Crippen LogP contribution in [0, 0.1) is 0 Å². The largest absolute Gasteiger partial charge is 0.438 e. The molecule has 3 heterocycles. The van der Waals surface area contributed by atoms with Crippen LogP contribution >= 0.6 is 0 Å². The zero-order valence-electron chi connectivity index (χ0n) is 15.9. The lowest BCUT2D eigenvalue weighted by Crippen LogP contribution is -2.30. The summed E-state index contributed by atoms with van der Waals surface area (Å²) in [7, 11) is 0. The molecule has 3 aromatic rings. The lowest BCUT2D eigenvalue weighted by Gasteiger charge is -2.15. The number of rotatable bonds is 8. The van der Waals surface area contributed by atoms with Gasteiger partial charge in [-0.1, -0.05) is 40.7 Å². The fraction of sp³-hybridized carbons (Fsp3) is 0.421. The molecular weight excluding hydrogens is 376 g/mol. The Morgan fingerprint density at radius 3 is 2.97 bits per heavy atom. The third-order valence-electron chi connectivity index (χ3n) is 4.80. The van der Waals surface area contributed by atoms with E-state index in [-0.39, 0.29) is 12.0 Å². The first-order chi connectivity index (χ1) is 14.2. The van der Waals surface area contributed by atoms with Crippen molar-refractivity contribution in [1.82, 2.24) is 30.0 Å². The number of benzene rings is 1. The molecule has 1 aliphatic heterocycles. The van der Waals surface area contributed by atoms with Gasteiger partial charge in [0.25, 0.3) is 5.91 Å². The minimum atomic E-state index is -0.565. The number of aromatic nitrogens is 5. The Morgan fingerprint density at radius 1 is 1.31 bits per heavy atom. The maximum Gasteiger partial charge on any atom is 0.438 e. The van der Waals surface area contributed by atoms with Gasteiger partial charge in [-0.3, -0.25) is 19.0 Å².